The molecule has 114 valence electrons. The van der Waals surface area contributed by atoms with Crippen LogP contribution >= 0.6 is 0 Å². The molecule has 1 heterocycles. The number of aryl methyl sites for hydroxylation is 2. The Kier molecular flexibility index (Phi) is 5.07. The Morgan fingerprint density at radius 3 is 2.67 bits per heavy atom. The van der Waals surface area contributed by atoms with Gasteiger partial charge in [-0.2, -0.15) is 0 Å². The van der Waals surface area contributed by atoms with Crippen LogP contribution in [0.3, 0.4) is 0 Å². The zero-order chi connectivity index (χ0) is 15.4. The number of benzene rings is 1. The van der Waals surface area contributed by atoms with Gasteiger partial charge >= 0.3 is 0 Å². The molecule has 0 aliphatic carbocycles. The van der Waals surface area contributed by atoms with E-state index >= 15 is 0 Å². The number of nitrogens with zero attached hydrogens (tertiary/aromatic N) is 2. The molecule has 1 aromatic heterocycles. The number of rotatable bonds is 6. The molecule has 1 unspecified atom stereocenters. The van der Waals surface area contributed by atoms with E-state index in [1.807, 2.05) is 24.6 Å². The maximum atomic E-state index is 14.2. The highest BCUT2D eigenvalue weighted by Crippen LogP contribution is 2.26. The summed E-state index contributed by atoms with van der Waals surface area (Å²) in [6.07, 6.45) is 4.49. The van der Waals surface area contributed by atoms with Gasteiger partial charge in [0, 0.05) is 30.6 Å². The predicted octanol–water partition coefficient (Wildman–Crippen LogP) is 3.58. The molecule has 0 bridgehead atoms. The minimum absolute atomic E-state index is 0.376. The van der Waals surface area contributed by atoms with Crippen molar-refractivity contribution in [2.45, 2.75) is 39.8 Å². The summed E-state index contributed by atoms with van der Waals surface area (Å²) in [6, 6.07) is 2.14. The molecular formula is C16H21F2N3. The first kappa shape index (κ1) is 15.6. The van der Waals surface area contributed by atoms with Gasteiger partial charge in [-0.25, -0.2) is 13.8 Å². The number of imidazole rings is 1. The molecule has 0 radical (unpaired) electrons. The maximum Gasteiger partial charge on any atom is 0.131 e. The summed E-state index contributed by atoms with van der Waals surface area (Å²) in [7, 11) is 0. The molecule has 2 aromatic rings. The third kappa shape index (κ3) is 3.29. The van der Waals surface area contributed by atoms with Crippen molar-refractivity contribution in [1.82, 2.24) is 14.9 Å². The Hall–Kier alpha value is -1.75. The van der Waals surface area contributed by atoms with Crippen LogP contribution in [0.1, 0.15) is 43.3 Å². The molecule has 0 saturated heterocycles. The summed E-state index contributed by atoms with van der Waals surface area (Å²) >= 11 is 0. The lowest BCUT2D eigenvalue weighted by Crippen LogP contribution is -2.27. The van der Waals surface area contributed by atoms with Crippen LogP contribution in [0.2, 0.25) is 0 Å². The summed E-state index contributed by atoms with van der Waals surface area (Å²) in [6.45, 7) is 7.18. The van der Waals surface area contributed by atoms with Crippen LogP contribution < -0.4 is 5.32 Å². The van der Waals surface area contributed by atoms with E-state index < -0.39 is 11.6 Å². The summed E-state index contributed by atoms with van der Waals surface area (Å²) in [5, 5.41) is 3.30. The van der Waals surface area contributed by atoms with Crippen molar-refractivity contribution in [2.75, 3.05) is 6.54 Å². The summed E-state index contributed by atoms with van der Waals surface area (Å²) in [5.41, 5.74) is 0.868. The second kappa shape index (κ2) is 6.80. The largest absolute Gasteiger partial charge is 0.334 e. The van der Waals surface area contributed by atoms with E-state index in [2.05, 4.69) is 10.3 Å². The molecule has 1 aromatic carbocycles. The first-order chi connectivity index (χ1) is 10.1. The van der Waals surface area contributed by atoms with Crippen LogP contribution in [0.25, 0.3) is 0 Å². The molecule has 0 aliphatic heterocycles. The molecule has 21 heavy (non-hydrogen) atoms. The highest BCUT2D eigenvalue weighted by molar-refractivity contribution is 5.32. The van der Waals surface area contributed by atoms with Crippen LogP contribution in [0.5, 0.6) is 0 Å². The molecule has 1 N–H and O–H groups in total. The fraction of sp³-hybridized carbons (Fsp3) is 0.438. The van der Waals surface area contributed by atoms with Crippen LogP contribution in [0.4, 0.5) is 8.78 Å². The Balaban J connectivity index is 2.48. The molecule has 0 fully saturated rings. The SMILES string of the molecule is CCCNC(c1cc(C)c(F)cc1F)c1nccn1CC. The molecule has 0 aliphatic rings. The third-order valence-electron chi connectivity index (χ3n) is 3.53. The minimum Gasteiger partial charge on any atom is -0.334 e. The van der Waals surface area contributed by atoms with Gasteiger partial charge in [-0.3, -0.25) is 0 Å². The zero-order valence-corrected chi connectivity index (χ0v) is 12.7. The lowest BCUT2D eigenvalue weighted by Gasteiger charge is -2.21. The fourth-order valence-electron chi connectivity index (χ4n) is 2.38. The third-order valence-corrected chi connectivity index (χ3v) is 3.53. The standard InChI is InChI=1S/C16H21F2N3/c1-4-6-19-15(16-20-7-8-21(16)5-2)12-9-11(3)13(17)10-14(12)18/h7-10,15,19H,4-6H2,1-3H3. The Morgan fingerprint density at radius 2 is 2.00 bits per heavy atom. The zero-order valence-electron chi connectivity index (χ0n) is 12.7. The molecule has 3 nitrogen and oxygen atoms in total. The minimum atomic E-state index is -0.544. The van der Waals surface area contributed by atoms with Gasteiger partial charge in [-0.1, -0.05) is 6.92 Å². The van der Waals surface area contributed by atoms with E-state index in [1.54, 1.807) is 19.2 Å². The van der Waals surface area contributed by atoms with Crippen LogP contribution in [-0.4, -0.2) is 16.1 Å². The highest BCUT2D eigenvalue weighted by Gasteiger charge is 2.22. The topological polar surface area (TPSA) is 29.9 Å². The van der Waals surface area contributed by atoms with Gasteiger partial charge < -0.3 is 9.88 Å². The van der Waals surface area contributed by atoms with Gasteiger partial charge in [0.25, 0.3) is 0 Å². The number of nitrogens with one attached hydrogen (secondary N) is 1. The van der Waals surface area contributed by atoms with E-state index in [1.165, 1.54) is 0 Å². The van der Waals surface area contributed by atoms with Crippen molar-refractivity contribution >= 4 is 0 Å². The molecule has 5 heteroatoms. The van der Waals surface area contributed by atoms with Crippen LogP contribution in [-0.2, 0) is 6.54 Å². The van der Waals surface area contributed by atoms with Gasteiger partial charge in [0.1, 0.15) is 17.5 Å². The average Bonchev–Trinajstić information content (AvgIpc) is 2.93. The van der Waals surface area contributed by atoms with Gasteiger partial charge in [-0.05, 0) is 38.4 Å². The number of halogens is 2. The van der Waals surface area contributed by atoms with Gasteiger partial charge in [0.2, 0.25) is 0 Å². The van der Waals surface area contributed by atoms with Crippen LogP contribution in [0, 0.1) is 18.6 Å². The summed E-state index contributed by atoms with van der Waals surface area (Å²) in [5.74, 6) is -0.322. The van der Waals surface area contributed by atoms with Crippen LogP contribution in [0.15, 0.2) is 24.5 Å². The van der Waals surface area contributed by atoms with Gasteiger partial charge in [0.05, 0.1) is 6.04 Å². The number of hydrogen-bond acceptors (Lipinski definition) is 2. The van der Waals surface area contributed by atoms with E-state index in [0.717, 1.165) is 31.4 Å². The van der Waals surface area contributed by atoms with Crippen molar-refractivity contribution in [3.63, 3.8) is 0 Å². The summed E-state index contributed by atoms with van der Waals surface area (Å²) < 4.78 is 29.7. The van der Waals surface area contributed by atoms with Crippen molar-refractivity contribution in [3.8, 4) is 0 Å². The second-order valence-electron chi connectivity index (χ2n) is 5.08. The second-order valence-corrected chi connectivity index (χ2v) is 5.08. The quantitative estimate of drug-likeness (QED) is 0.882. The summed E-state index contributed by atoms with van der Waals surface area (Å²) in [4.78, 5) is 4.35. The van der Waals surface area contributed by atoms with Crippen molar-refractivity contribution < 1.29 is 8.78 Å². The lowest BCUT2D eigenvalue weighted by atomic mass is 10.0. The Morgan fingerprint density at radius 1 is 1.24 bits per heavy atom. The first-order valence-electron chi connectivity index (χ1n) is 7.28. The van der Waals surface area contributed by atoms with E-state index in [-0.39, 0.29) is 6.04 Å². The van der Waals surface area contributed by atoms with Gasteiger partial charge in [-0.15, -0.1) is 0 Å². The van der Waals surface area contributed by atoms with Crippen molar-refractivity contribution in [3.05, 3.63) is 53.1 Å². The lowest BCUT2D eigenvalue weighted by molar-refractivity contribution is 0.503. The predicted molar refractivity (Wildman–Crippen MR) is 79.1 cm³/mol. The van der Waals surface area contributed by atoms with E-state index in [9.17, 15) is 8.78 Å². The molecular weight excluding hydrogens is 272 g/mol. The first-order valence-corrected chi connectivity index (χ1v) is 7.28. The molecule has 0 amide bonds. The Labute approximate surface area is 124 Å². The Bertz CT molecular complexity index is 608. The average molecular weight is 293 g/mol. The van der Waals surface area contributed by atoms with E-state index in [0.29, 0.717) is 11.1 Å². The highest BCUT2D eigenvalue weighted by atomic mass is 19.1. The van der Waals surface area contributed by atoms with Crippen molar-refractivity contribution in [1.29, 1.82) is 0 Å². The molecule has 1 atom stereocenters. The van der Waals surface area contributed by atoms with Gasteiger partial charge in [0.15, 0.2) is 0 Å². The smallest absolute Gasteiger partial charge is 0.131 e. The van der Waals surface area contributed by atoms with E-state index in [4.69, 9.17) is 0 Å². The molecule has 0 saturated carbocycles. The monoisotopic (exact) mass is 293 g/mol. The molecule has 2 rings (SSSR count). The number of hydrogen-bond donors (Lipinski definition) is 1. The number of aromatic nitrogens is 2. The van der Waals surface area contributed by atoms with Crippen molar-refractivity contribution in [2.24, 2.45) is 0 Å². The molecule has 0 spiro atoms. The fourth-order valence-corrected chi connectivity index (χ4v) is 2.38. The maximum absolute atomic E-state index is 14.2. The normalized spacial score (nSPS) is 12.6.